The zero-order chi connectivity index (χ0) is 11.7. The third-order valence-electron chi connectivity index (χ3n) is 2.93. The number of aromatic nitrogens is 1. The van der Waals surface area contributed by atoms with Crippen LogP contribution in [0, 0.1) is 6.92 Å². The van der Waals surface area contributed by atoms with Gasteiger partial charge in [0, 0.05) is 23.1 Å². The van der Waals surface area contributed by atoms with Crippen LogP contribution in [0.2, 0.25) is 0 Å². The Balaban J connectivity index is 2.69. The van der Waals surface area contributed by atoms with Crippen LogP contribution in [0.3, 0.4) is 0 Å². The highest BCUT2D eigenvalue weighted by Gasteiger charge is 2.10. The van der Waals surface area contributed by atoms with Crippen molar-refractivity contribution in [3.8, 4) is 0 Å². The fourth-order valence-corrected chi connectivity index (χ4v) is 2.24. The van der Waals surface area contributed by atoms with Gasteiger partial charge in [-0.3, -0.25) is 4.84 Å². The molecule has 1 aromatic heterocycles. The number of hydrogen-bond donors (Lipinski definition) is 1. The van der Waals surface area contributed by atoms with Gasteiger partial charge >= 0.3 is 0 Å². The zero-order valence-electron chi connectivity index (χ0n) is 10.0. The highest BCUT2D eigenvalue weighted by atomic mass is 16.6. The molecule has 3 nitrogen and oxygen atoms in total. The molecule has 0 amide bonds. The highest BCUT2D eigenvalue weighted by Crippen LogP contribution is 2.27. The van der Waals surface area contributed by atoms with Crippen LogP contribution in [-0.2, 0) is 11.4 Å². The molecule has 3 heteroatoms. The van der Waals surface area contributed by atoms with E-state index in [-0.39, 0.29) is 0 Å². The maximum absolute atomic E-state index is 5.16. The van der Waals surface area contributed by atoms with Crippen molar-refractivity contribution in [3.05, 3.63) is 35.5 Å². The molecule has 2 rings (SSSR count). The van der Waals surface area contributed by atoms with Crippen molar-refractivity contribution < 1.29 is 4.84 Å². The van der Waals surface area contributed by atoms with E-state index in [0.29, 0.717) is 12.6 Å². The molecule has 0 aliphatic heterocycles. The van der Waals surface area contributed by atoms with E-state index >= 15 is 0 Å². The minimum atomic E-state index is 0.459. The molecular formula is C13H18N2O. The quantitative estimate of drug-likeness (QED) is 0.805. The van der Waals surface area contributed by atoms with Crippen molar-refractivity contribution in [2.24, 2.45) is 5.90 Å². The first-order valence-corrected chi connectivity index (χ1v) is 5.56. The topological polar surface area (TPSA) is 40.2 Å². The van der Waals surface area contributed by atoms with E-state index in [1.54, 1.807) is 0 Å². The average molecular weight is 218 g/mol. The first-order valence-electron chi connectivity index (χ1n) is 5.56. The Kier molecular flexibility index (Phi) is 2.99. The van der Waals surface area contributed by atoms with Crippen LogP contribution in [0.4, 0.5) is 0 Å². The SMILES string of the molecule is Cc1cn(C(C)C)c2cccc(CON)c12. The molecule has 0 radical (unpaired) electrons. The molecule has 86 valence electrons. The standard InChI is InChI=1S/C13H18N2O/c1-9(2)15-7-10(3)13-11(8-16-14)5-4-6-12(13)15/h4-7,9H,8,14H2,1-3H3. The summed E-state index contributed by atoms with van der Waals surface area (Å²) >= 11 is 0. The van der Waals surface area contributed by atoms with Crippen molar-refractivity contribution >= 4 is 10.9 Å². The second-order valence-electron chi connectivity index (χ2n) is 4.44. The molecule has 0 saturated carbocycles. The van der Waals surface area contributed by atoms with Gasteiger partial charge < -0.3 is 4.57 Å². The van der Waals surface area contributed by atoms with Gasteiger partial charge in [-0.05, 0) is 38.0 Å². The first-order chi connectivity index (χ1) is 7.65. The highest BCUT2D eigenvalue weighted by molar-refractivity contribution is 5.87. The minimum Gasteiger partial charge on any atom is -0.345 e. The van der Waals surface area contributed by atoms with Crippen molar-refractivity contribution in [1.82, 2.24) is 4.57 Å². The predicted molar refractivity (Wildman–Crippen MR) is 66.0 cm³/mol. The van der Waals surface area contributed by atoms with Gasteiger partial charge in [-0.1, -0.05) is 12.1 Å². The average Bonchev–Trinajstić information content (AvgIpc) is 2.58. The van der Waals surface area contributed by atoms with E-state index in [0.717, 1.165) is 5.56 Å². The Labute approximate surface area is 95.8 Å². The van der Waals surface area contributed by atoms with Crippen molar-refractivity contribution in [1.29, 1.82) is 0 Å². The Morgan fingerprint density at radius 2 is 2.12 bits per heavy atom. The van der Waals surface area contributed by atoms with Gasteiger partial charge in [0.2, 0.25) is 0 Å². The summed E-state index contributed by atoms with van der Waals surface area (Å²) in [6, 6.07) is 6.72. The Bertz CT molecular complexity index is 500. The number of fused-ring (bicyclic) bond motifs is 1. The molecule has 0 fully saturated rings. The maximum Gasteiger partial charge on any atom is 0.0936 e. The Hall–Kier alpha value is -1.32. The van der Waals surface area contributed by atoms with Gasteiger partial charge in [0.15, 0.2) is 0 Å². The maximum atomic E-state index is 5.16. The molecule has 0 saturated heterocycles. The predicted octanol–water partition coefficient (Wildman–Crippen LogP) is 2.92. The van der Waals surface area contributed by atoms with Gasteiger partial charge in [-0.25, -0.2) is 5.90 Å². The van der Waals surface area contributed by atoms with Crippen LogP contribution in [0.1, 0.15) is 31.0 Å². The summed E-state index contributed by atoms with van der Waals surface area (Å²) in [6.45, 7) is 6.96. The lowest BCUT2D eigenvalue weighted by Gasteiger charge is -2.09. The fraction of sp³-hybridized carbons (Fsp3) is 0.385. The molecular weight excluding hydrogens is 200 g/mol. The van der Waals surface area contributed by atoms with E-state index < -0.39 is 0 Å². The minimum absolute atomic E-state index is 0.459. The van der Waals surface area contributed by atoms with E-state index in [1.807, 2.05) is 0 Å². The lowest BCUT2D eigenvalue weighted by atomic mass is 10.1. The molecule has 0 unspecified atom stereocenters. The van der Waals surface area contributed by atoms with Gasteiger partial charge in [0.05, 0.1) is 6.61 Å². The molecule has 0 atom stereocenters. The van der Waals surface area contributed by atoms with Gasteiger partial charge in [-0.15, -0.1) is 0 Å². The van der Waals surface area contributed by atoms with Gasteiger partial charge in [0.1, 0.15) is 0 Å². The summed E-state index contributed by atoms with van der Waals surface area (Å²) in [5.74, 6) is 5.16. The number of rotatable bonds is 3. The summed E-state index contributed by atoms with van der Waals surface area (Å²) < 4.78 is 2.28. The molecule has 2 aromatic rings. The number of nitrogens with two attached hydrogens (primary N) is 1. The fourth-order valence-electron chi connectivity index (χ4n) is 2.24. The Morgan fingerprint density at radius 1 is 1.38 bits per heavy atom. The van der Waals surface area contributed by atoms with Crippen molar-refractivity contribution in [2.45, 2.75) is 33.4 Å². The normalized spacial score (nSPS) is 11.6. The third-order valence-corrected chi connectivity index (χ3v) is 2.93. The molecule has 16 heavy (non-hydrogen) atoms. The number of benzene rings is 1. The third kappa shape index (κ3) is 1.72. The lowest BCUT2D eigenvalue weighted by molar-refractivity contribution is 0.125. The summed E-state index contributed by atoms with van der Waals surface area (Å²) in [5, 5.41) is 1.27. The molecule has 0 bridgehead atoms. The molecule has 0 aliphatic rings. The number of nitrogens with zero attached hydrogens (tertiary/aromatic N) is 1. The second-order valence-corrected chi connectivity index (χ2v) is 4.44. The molecule has 2 N–H and O–H groups in total. The number of hydrogen-bond acceptors (Lipinski definition) is 2. The summed E-state index contributed by atoms with van der Waals surface area (Å²) in [6.07, 6.45) is 2.19. The monoisotopic (exact) mass is 218 g/mol. The largest absolute Gasteiger partial charge is 0.345 e. The van der Waals surface area contributed by atoms with Crippen molar-refractivity contribution in [2.75, 3.05) is 0 Å². The summed E-state index contributed by atoms with van der Waals surface area (Å²) in [5.41, 5.74) is 3.68. The second kappa shape index (κ2) is 4.28. The van der Waals surface area contributed by atoms with Crippen LogP contribution in [0.5, 0.6) is 0 Å². The van der Waals surface area contributed by atoms with E-state index in [4.69, 9.17) is 10.7 Å². The Morgan fingerprint density at radius 3 is 2.75 bits per heavy atom. The van der Waals surface area contributed by atoms with Gasteiger partial charge in [0.25, 0.3) is 0 Å². The molecule has 0 spiro atoms. The van der Waals surface area contributed by atoms with E-state index in [1.165, 1.54) is 16.5 Å². The molecule has 1 heterocycles. The summed E-state index contributed by atoms with van der Waals surface area (Å²) in [7, 11) is 0. The first kappa shape index (κ1) is 11.2. The van der Waals surface area contributed by atoms with Crippen molar-refractivity contribution in [3.63, 3.8) is 0 Å². The molecule has 0 aliphatic carbocycles. The smallest absolute Gasteiger partial charge is 0.0936 e. The van der Waals surface area contributed by atoms with E-state index in [9.17, 15) is 0 Å². The number of aryl methyl sites for hydroxylation is 1. The lowest BCUT2D eigenvalue weighted by Crippen LogP contribution is -2.00. The zero-order valence-corrected chi connectivity index (χ0v) is 10.0. The van der Waals surface area contributed by atoms with Crippen LogP contribution in [0.25, 0.3) is 10.9 Å². The van der Waals surface area contributed by atoms with Crippen LogP contribution in [0.15, 0.2) is 24.4 Å². The molecule has 1 aromatic carbocycles. The summed E-state index contributed by atoms with van der Waals surface area (Å²) in [4.78, 5) is 4.75. The van der Waals surface area contributed by atoms with Gasteiger partial charge in [-0.2, -0.15) is 0 Å². The van der Waals surface area contributed by atoms with E-state index in [2.05, 4.69) is 49.7 Å². The van der Waals surface area contributed by atoms with Crippen LogP contribution < -0.4 is 5.90 Å². The van der Waals surface area contributed by atoms with Crippen LogP contribution >= 0.6 is 0 Å². The van der Waals surface area contributed by atoms with Crippen LogP contribution in [-0.4, -0.2) is 4.57 Å².